The van der Waals surface area contributed by atoms with Gasteiger partial charge in [0.25, 0.3) is 0 Å². The van der Waals surface area contributed by atoms with Crippen molar-refractivity contribution in [1.82, 2.24) is 5.32 Å². The van der Waals surface area contributed by atoms with Gasteiger partial charge in [0.1, 0.15) is 5.88 Å². The highest BCUT2D eigenvalue weighted by molar-refractivity contribution is 6.27. The van der Waals surface area contributed by atoms with Crippen molar-refractivity contribution in [3.8, 4) is 0 Å². The number of alkyl halides is 2. The first-order valence-electron chi connectivity index (χ1n) is 6.54. The minimum absolute atomic E-state index is 0.0375. The first-order valence-corrected chi connectivity index (χ1v) is 7.45. The number of carbonyl (C=O) groups is 1. The molecule has 2 atom stereocenters. The van der Waals surface area contributed by atoms with Crippen LogP contribution in [0.5, 0.6) is 0 Å². The Labute approximate surface area is 112 Å². The van der Waals surface area contributed by atoms with Gasteiger partial charge < -0.3 is 5.32 Å². The lowest BCUT2D eigenvalue weighted by Gasteiger charge is -2.60. The number of hydrogen-bond acceptors (Lipinski definition) is 1. The van der Waals surface area contributed by atoms with E-state index in [1.54, 1.807) is 0 Å². The summed E-state index contributed by atoms with van der Waals surface area (Å²) in [7, 11) is 0. The van der Waals surface area contributed by atoms with E-state index in [0.29, 0.717) is 0 Å². The second-order valence-electron chi connectivity index (χ2n) is 6.52. The molecule has 2 nitrogen and oxygen atoms in total. The van der Waals surface area contributed by atoms with Crippen molar-refractivity contribution in [2.45, 2.75) is 43.4 Å². The molecule has 96 valence electrons. The lowest BCUT2D eigenvalue weighted by Crippen LogP contribution is -2.56. The highest BCUT2D eigenvalue weighted by atomic mass is 35.5. The molecule has 0 aromatic heterocycles. The molecule has 4 heteroatoms. The maximum Gasteiger partial charge on any atom is 0.234 e. The molecular formula is C13H19Cl2NO. The van der Waals surface area contributed by atoms with E-state index in [0.717, 1.165) is 24.8 Å². The molecule has 4 saturated carbocycles. The summed E-state index contributed by atoms with van der Waals surface area (Å²) in [5.41, 5.74) is 0.271. The SMILES string of the molecule is O=C(CCl)NCC12C[C@H]3C[C@@H](CC(Cl)(C3)C1)C2. The fourth-order valence-electron chi connectivity index (χ4n) is 4.88. The summed E-state index contributed by atoms with van der Waals surface area (Å²) in [4.78, 5) is 11.3. The zero-order chi connectivity index (χ0) is 12.1. The van der Waals surface area contributed by atoms with Crippen LogP contribution in [0.15, 0.2) is 0 Å². The van der Waals surface area contributed by atoms with Crippen LogP contribution in [0.4, 0.5) is 0 Å². The lowest BCUT2D eigenvalue weighted by atomic mass is 9.49. The Balaban J connectivity index is 1.72. The largest absolute Gasteiger partial charge is 0.355 e. The Morgan fingerprint density at radius 2 is 1.88 bits per heavy atom. The molecule has 0 radical (unpaired) electrons. The van der Waals surface area contributed by atoms with E-state index in [1.165, 1.54) is 32.1 Å². The highest BCUT2D eigenvalue weighted by Gasteiger charge is 2.56. The molecule has 4 fully saturated rings. The zero-order valence-electron chi connectivity index (χ0n) is 9.98. The Bertz CT molecular complexity index is 330. The third kappa shape index (κ3) is 2.19. The summed E-state index contributed by atoms with van der Waals surface area (Å²) in [5.74, 6) is 1.60. The molecule has 4 aliphatic carbocycles. The lowest BCUT2D eigenvalue weighted by molar-refractivity contribution is -0.120. The van der Waals surface area contributed by atoms with Crippen LogP contribution in [0.2, 0.25) is 0 Å². The molecule has 0 unspecified atom stereocenters. The Hall–Kier alpha value is 0.0500. The Kier molecular flexibility index (Phi) is 2.87. The first-order chi connectivity index (χ1) is 8.03. The van der Waals surface area contributed by atoms with Gasteiger partial charge in [-0.1, -0.05) is 0 Å². The van der Waals surface area contributed by atoms with Crippen molar-refractivity contribution in [3.05, 3.63) is 0 Å². The van der Waals surface area contributed by atoms with Gasteiger partial charge in [0.2, 0.25) is 5.91 Å². The van der Waals surface area contributed by atoms with Gasteiger partial charge in [0.15, 0.2) is 0 Å². The van der Waals surface area contributed by atoms with Crippen molar-refractivity contribution in [2.75, 3.05) is 12.4 Å². The van der Waals surface area contributed by atoms with E-state index < -0.39 is 0 Å². The summed E-state index contributed by atoms with van der Waals surface area (Å²) in [6.07, 6.45) is 7.32. The minimum atomic E-state index is -0.0500. The van der Waals surface area contributed by atoms with Crippen LogP contribution in [0.3, 0.4) is 0 Å². The van der Waals surface area contributed by atoms with Gasteiger partial charge in [-0.2, -0.15) is 0 Å². The van der Waals surface area contributed by atoms with Crippen LogP contribution in [0.1, 0.15) is 38.5 Å². The molecule has 0 aliphatic heterocycles. The third-order valence-corrected chi connectivity index (χ3v) is 5.58. The van der Waals surface area contributed by atoms with Crippen LogP contribution >= 0.6 is 23.2 Å². The maximum atomic E-state index is 11.3. The molecule has 1 N–H and O–H groups in total. The predicted octanol–water partition coefficient (Wildman–Crippen LogP) is 2.92. The highest BCUT2D eigenvalue weighted by Crippen LogP contribution is 2.63. The summed E-state index contributed by atoms with van der Waals surface area (Å²) in [6, 6.07) is 0. The Morgan fingerprint density at radius 1 is 1.24 bits per heavy atom. The number of amides is 1. The molecule has 0 heterocycles. The maximum absolute atomic E-state index is 11.3. The third-order valence-electron chi connectivity index (χ3n) is 4.89. The number of nitrogens with one attached hydrogen (secondary N) is 1. The molecule has 0 spiro atoms. The van der Waals surface area contributed by atoms with Crippen LogP contribution in [0.25, 0.3) is 0 Å². The van der Waals surface area contributed by atoms with Gasteiger partial charge in [-0.3, -0.25) is 4.79 Å². The van der Waals surface area contributed by atoms with E-state index in [9.17, 15) is 4.79 Å². The Morgan fingerprint density at radius 3 is 2.41 bits per heavy atom. The van der Waals surface area contributed by atoms with Crippen LogP contribution in [0, 0.1) is 17.3 Å². The predicted molar refractivity (Wildman–Crippen MR) is 69.4 cm³/mol. The van der Waals surface area contributed by atoms with Gasteiger partial charge in [-0.15, -0.1) is 23.2 Å². The smallest absolute Gasteiger partial charge is 0.234 e. The van der Waals surface area contributed by atoms with E-state index >= 15 is 0 Å². The van der Waals surface area contributed by atoms with Crippen molar-refractivity contribution in [1.29, 1.82) is 0 Å². The molecule has 4 aliphatic rings. The standard InChI is InChI=1S/C13H19Cl2NO/c14-6-11(17)16-8-12-2-9-1-10(3-12)5-13(15,4-9)7-12/h9-10H,1-8H2,(H,16,17)/t9-,10-,12?,13?/m1/s1. The number of carbonyl (C=O) groups excluding carboxylic acids is 1. The van der Waals surface area contributed by atoms with Crippen molar-refractivity contribution >= 4 is 29.1 Å². The average Bonchev–Trinajstić information content (AvgIpc) is 2.22. The number of hydrogen-bond donors (Lipinski definition) is 1. The first kappa shape index (κ1) is 12.1. The molecular weight excluding hydrogens is 257 g/mol. The van der Waals surface area contributed by atoms with Crippen LogP contribution in [-0.4, -0.2) is 23.2 Å². The average molecular weight is 276 g/mol. The van der Waals surface area contributed by atoms with Gasteiger partial charge in [0, 0.05) is 11.4 Å². The second-order valence-corrected chi connectivity index (χ2v) is 7.59. The topological polar surface area (TPSA) is 29.1 Å². The van der Waals surface area contributed by atoms with E-state index in [4.69, 9.17) is 23.2 Å². The quantitative estimate of drug-likeness (QED) is 0.789. The van der Waals surface area contributed by atoms with Gasteiger partial charge in [-0.05, 0) is 55.8 Å². The molecule has 1 amide bonds. The fourth-order valence-corrected chi connectivity index (χ4v) is 5.69. The molecule has 0 aromatic carbocycles. The zero-order valence-corrected chi connectivity index (χ0v) is 11.5. The summed E-state index contributed by atoms with van der Waals surface area (Å²) < 4.78 is 0. The van der Waals surface area contributed by atoms with E-state index in [1.807, 2.05) is 0 Å². The molecule has 17 heavy (non-hydrogen) atoms. The summed E-state index contributed by atoms with van der Waals surface area (Å²) in [6.45, 7) is 0.778. The molecule has 0 saturated heterocycles. The fraction of sp³-hybridized carbons (Fsp3) is 0.923. The summed E-state index contributed by atoms with van der Waals surface area (Å²) >= 11 is 12.3. The summed E-state index contributed by atoms with van der Waals surface area (Å²) in [5, 5.41) is 2.98. The minimum Gasteiger partial charge on any atom is -0.355 e. The molecule has 4 rings (SSSR count). The monoisotopic (exact) mass is 275 g/mol. The van der Waals surface area contributed by atoms with E-state index in [-0.39, 0.29) is 22.1 Å². The van der Waals surface area contributed by atoms with Gasteiger partial charge in [0.05, 0.1) is 0 Å². The normalized spacial score (nSPS) is 47.2. The van der Waals surface area contributed by atoms with E-state index in [2.05, 4.69) is 5.32 Å². The van der Waals surface area contributed by atoms with Crippen molar-refractivity contribution in [2.24, 2.45) is 17.3 Å². The molecule has 0 aromatic rings. The van der Waals surface area contributed by atoms with Crippen LogP contribution in [-0.2, 0) is 4.79 Å². The van der Waals surface area contributed by atoms with Crippen molar-refractivity contribution in [3.63, 3.8) is 0 Å². The van der Waals surface area contributed by atoms with Crippen molar-refractivity contribution < 1.29 is 4.79 Å². The van der Waals surface area contributed by atoms with Gasteiger partial charge >= 0.3 is 0 Å². The van der Waals surface area contributed by atoms with Gasteiger partial charge in [-0.25, -0.2) is 0 Å². The number of rotatable bonds is 3. The second kappa shape index (κ2) is 4.03. The number of halogens is 2. The van der Waals surface area contributed by atoms with Crippen LogP contribution < -0.4 is 5.32 Å². The molecule has 4 bridgehead atoms.